The van der Waals surface area contributed by atoms with Crippen LogP contribution in [0.15, 0.2) is 36.7 Å². The highest BCUT2D eigenvalue weighted by Gasteiger charge is 2.17. The Bertz CT molecular complexity index is 952. The molecule has 0 aliphatic rings. The second-order valence-corrected chi connectivity index (χ2v) is 5.84. The molecule has 0 saturated heterocycles. The minimum absolute atomic E-state index is 0.0936. The number of halogens is 2. The summed E-state index contributed by atoms with van der Waals surface area (Å²) in [6.07, 6.45) is 3.07. The summed E-state index contributed by atoms with van der Waals surface area (Å²) >= 11 is 11.8. The summed E-state index contributed by atoms with van der Waals surface area (Å²) in [5.41, 5.74) is 1.22. The number of carbonyl (C=O) groups is 1. The number of H-pyrrole nitrogens is 1. The quantitative estimate of drug-likeness (QED) is 0.520. The van der Waals surface area contributed by atoms with Gasteiger partial charge in [0.15, 0.2) is 5.69 Å². The molecule has 0 saturated carbocycles. The van der Waals surface area contributed by atoms with Gasteiger partial charge >= 0.3 is 5.82 Å². The second kappa shape index (κ2) is 6.91. The third kappa shape index (κ3) is 3.95. The van der Waals surface area contributed by atoms with Crippen LogP contribution in [0.25, 0.3) is 0 Å². The van der Waals surface area contributed by atoms with Crippen molar-refractivity contribution in [3.63, 3.8) is 0 Å². The summed E-state index contributed by atoms with van der Waals surface area (Å²) < 4.78 is 1.60. The van der Waals surface area contributed by atoms with Gasteiger partial charge in [0.2, 0.25) is 0 Å². The Morgan fingerprint density at radius 1 is 1.32 bits per heavy atom. The van der Waals surface area contributed by atoms with Crippen molar-refractivity contribution in [2.24, 2.45) is 0 Å². The molecular formula is C14H10Cl2N6O3. The van der Waals surface area contributed by atoms with Gasteiger partial charge in [-0.3, -0.25) is 9.48 Å². The summed E-state index contributed by atoms with van der Waals surface area (Å²) in [5, 5.41) is 24.0. The first-order valence-electron chi connectivity index (χ1n) is 6.90. The van der Waals surface area contributed by atoms with Crippen LogP contribution >= 0.6 is 23.2 Å². The number of nitro groups is 1. The number of rotatable bonds is 5. The van der Waals surface area contributed by atoms with E-state index in [1.807, 2.05) is 6.07 Å². The molecule has 2 aromatic heterocycles. The van der Waals surface area contributed by atoms with E-state index in [1.54, 1.807) is 23.0 Å². The van der Waals surface area contributed by atoms with Gasteiger partial charge in [-0.05, 0) is 22.6 Å². The van der Waals surface area contributed by atoms with Gasteiger partial charge in [-0.25, -0.2) is 0 Å². The smallest absolute Gasteiger partial charge is 0.343 e. The van der Waals surface area contributed by atoms with Gasteiger partial charge in [0.1, 0.15) is 0 Å². The third-order valence-corrected chi connectivity index (χ3v) is 3.95. The van der Waals surface area contributed by atoms with Gasteiger partial charge in [0.05, 0.1) is 34.5 Å². The summed E-state index contributed by atoms with van der Waals surface area (Å²) in [6, 6.07) is 6.29. The molecule has 25 heavy (non-hydrogen) atoms. The first-order chi connectivity index (χ1) is 11.9. The van der Waals surface area contributed by atoms with Crippen molar-refractivity contribution in [2.75, 3.05) is 5.32 Å². The molecule has 2 heterocycles. The number of hydrogen-bond acceptors (Lipinski definition) is 5. The largest absolute Gasteiger partial charge is 0.358 e. The monoisotopic (exact) mass is 380 g/mol. The van der Waals surface area contributed by atoms with Crippen LogP contribution in [0.1, 0.15) is 16.1 Å². The number of aromatic amines is 1. The fourth-order valence-electron chi connectivity index (χ4n) is 2.06. The van der Waals surface area contributed by atoms with Crippen LogP contribution in [0.2, 0.25) is 10.0 Å². The maximum Gasteiger partial charge on any atom is 0.343 e. The molecule has 0 aliphatic heterocycles. The second-order valence-electron chi connectivity index (χ2n) is 5.02. The zero-order chi connectivity index (χ0) is 18.0. The zero-order valence-corrected chi connectivity index (χ0v) is 14.0. The first-order valence-corrected chi connectivity index (χ1v) is 7.65. The molecule has 3 aromatic rings. The summed E-state index contributed by atoms with van der Waals surface area (Å²) in [5.74, 6) is -0.945. The molecule has 0 atom stereocenters. The minimum atomic E-state index is -0.668. The van der Waals surface area contributed by atoms with Gasteiger partial charge in [0, 0.05) is 6.20 Å². The van der Waals surface area contributed by atoms with E-state index in [-0.39, 0.29) is 11.5 Å². The van der Waals surface area contributed by atoms with Crippen molar-refractivity contribution in [1.82, 2.24) is 20.0 Å². The molecule has 0 fully saturated rings. The molecule has 128 valence electrons. The lowest BCUT2D eigenvalue weighted by Crippen LogP contribution is -2.11. The van der Waals surface area contributed by atoms with Crippen molar-refractivity contribution in [2.45, 2.75) is 6.54 Å². The molecule has 0 unspecified atom stereocenters. The average molecular weight is 381 g/mol. The van der Waals surface area contributed by atoms with Crippen LogP contribution in [0.4, 0.5) is 11.5 Å². The number of hydrogen-bond donors (Lipinski definition) is 2. The van der Waals surface area contributed by atoms with E-state index in [4.69, 9.17) is 23.2 Å². The zero-order valence-electron chi connectivity index (χ0n) is 12.4. The fourth-order valence-corrected chi connectivity index (χ4v) is 2.38. The van der Waals surface area contributed by atoms with E-state index in [1.165, 1.54) is 6.20 Å². The van der Waals surface area contributed by atoms with Gasteiger partial charge in [-0.2, -0.15) is 5.10 Å². The Balaban J connectivity index is 1.67. The number of aromatic nitrogens is 4. The Kier molecular flexibility index (Phi) is 4.68. The number of nitrogens with zero attached hydrogens (tertiary/aromatic N) is 4. The standard InChI is InChI=1S/C14H10Cl2N6O3/c15-10-2-1-8(3-11(10)16)6-21-7-9(5-17-21)18-14(23)12-4-13(20-19-12)22(24)25/h1-5,7H,6H2,(H,18,23)(H,19,20). The lowest BCUT2D eigenvalue weighted by atomic mass is 10.2. The van der Waals surface area contributed by atoms with E-state index in [9.17, 15) is 14.9 Å². The molecule has 1 amide bonds. The number of anilines is 1. The van der Waals surface area contributed by atoms with Gasteiger partial charge in [-0.1, -0.05) is 34.4 Å². The van der Waals surface area contributed by atoms with Gasteiger partial charge < -0.3 is 15.4 Å². The minimum Gasteiger partial charge on any atom is -0.358 e. The van der Waals surface area contributed by atoms with Crippen LogP contribution in [0.3, 0.4) is 0 Å². The SMILES string of the molecule is O=C(Nc1cnn(Cc2ccc(Cl)c(Cl)c2)c1)c1cc([N+](=O)[O-])[nH]n1. The molecule has 0 aliphatic carbocycles. The average Bonchev–Trinajstić information content (AvgIpc) is 3.20. The topological polar surface area (TPSA) is 119 Å². The maximum atomic E-state index is 12.0. The molecule has 0 bridgehead atoms. The maximum absolute atomic E-state index is 12.0. The van der Waals surface area contributed by atoms with Crippen LogP contribution in [-0.2, 0) is 6.54 Å². The van der Waals surface area contributed by atoms with Crippen molar-refractivity contribution in [1.29, 1.82) is 0 Å². The Hall–Kier alpha value is -2.91. The van der Waals surface area contributed by atoms with E-state index in [2.05, 4.69) is 20.6 Å². The van der Waals surface area contributed by atoms with E-state index < -0.39 is 10.8 Å². The van der Waals surface area contributed by atoms with Crippen LogP contribution in [0.5, 0.6) is 0 Å². The molecular weight excluding hydrogens is 371 g/mol. The molecule has 3 rings (SSSR count). The van der Waals surface area contributed by atoms with Crippen molar-refractivity contribution < 1.29 is 9.72 Å². The Labute approximate surface area is 150 Å². The number of nitrogens with one attached hydrogen (secondary N) is 2. The Morgan fingerprint density at radius 2 is 2.12 bits per heavy atom. The van der Waals surface area contributed by atoms with Crippen LogP contribution < -0.4 is 5.32 Å². The predicted octanol–water partition coefficient (Wildman–Crippen LogP) is 3.12. The lowest BCUT2D eigenvalue weighted by molar-refractivity contribution is -0.389. The molecule has 1 aromatic carbocycles. The summed E-state index contributed by atoms with van der Waals surface area (Å²) in [7, 11) is 0. The summed E-state index contributed by atoms with van der Waals surface area (Å²) in [4.78, 5) is 21.9. The number of carbonyl (C=O) groups excluding carboxylic acids is 1. The van der Waals surface area contributed by atoms with Crippen molar-refractivity contribution in [3.05, 3.63) is 68.1 Å². The van der Waals surface area contributed by atoms with Crippen LogP contribution in [0, 0.1) is 10.1 Å². The van der Waals surface area contributed by atoms with Crippen molar-refractivity contribution >= 4 is 40.6 Å². The Morgan fingerprint density at radius 3 is 2.80 bits per heavy atom. The molecule has 0 spiro atoms. The predicted molar refractivity (Wildman–Crippen MR) is 91.0 cm³/mol. The molecule has 2 N–H and O–H groups in total. The number of benzene rings is 1. The fraction of sp³-hybridized carbons (Fsp3) is 0.0714. The lowest BCUT2D eigenvalue weighted by Gasteiger charge is -2.03. The van der Waals surface area contributed by atoms with Crippen LogP contribution in [-0.4, -0.2) is 30.8 Å². The van der Waals surface area contributed by atoms with E-state index >= 15 is 0 Å². The van der Waals surface area contributed by atoms with Gasteiger partial charge in [0.25, 0.3) is 5.91 Å². The van der Waals surface area contributed by atoms with Gasteiger partial charge in [-0.15, -0.1) is 5.10 Å². The molecule has 9 nitrogen and oxygen atoms in total. The highest BCUT2D eigenvalue weighted by molar-refractivity contribution is 6.42. The highest BCUT2D eigenvalue weighted by atomic mass is 35.5. The first kappa shape index (κ1) is 16.9. The van der Waals surface area contributed by atoms with E-state index in [0.717, 1.165) is 11.6 Å². The highest BCUT2D eigenvalue weighted by Crippen LogP contribution is 2.23. The van der Waals surface area contributed by atoms with Crippen molar-refractivity contribution in [3.8, 4) is 0 Å². The third-order valence-electron chi connectivity index (χ3n) is 3.21. The molecule has 11 heteroatoms. The summed E-state index contributed by atoms with van der Waals surface area (Å²) in [6.45, 7) is 0.431. The normalized spacial score (nSPS) is 10.6. The van der Waals surface area contributed by atoms with E-state index in [0.29, 0.717) is 22.3 Å². The molecule has 0 radical (unpaired) electrons. The number of amides is 1.